The van der Waals surface area contributed by atoms with Crippen LogP contribution in [-0.2, 0) is 0 Å². The fourth-order valence-corrected chi connectivity index (χ4v) is 1.70. The molecule has 0 radical (unpaired) electrons. The normalized spacial score (nSPS) is 13.6. The molecule has 1 rings (SSSR count). The fraction of sp³-hybridized carbons (Fsp3) is 0.625. The molecule has 3 heteroatoms. The van der Waals surface area contributed by atoms with Gasteiger partial charge in [-0.25, -0.2) is 0 Å². The summed E-state index contributed by atoms with van der Waals surface area (Å²) in [6.07, 6.45) is -0.441. The number of rotatable bonds is 6. The molecule has 19 heavy (non-hydrogen) atoms. The first-order valence-electron chi connectivity index (χ1n) is 7.03. The third kappa shape index (κ3) is 6.60. The molecule has 1 atom stereocenters. The highest BCUT2D eigenvalue weighted by Crippen LogP contribution is 2.18. The van der Waals surface area contributed by atoms with E-state index in [1.54, 1.807) is 0 Å². The molecule has 0 aromatic heterocycles. The average molecular weight is 266 g/mol. The van der Waals surface area contributed by atoms with Crippen LogP contribution in [0.15, 0.2) is 24.3 Å². The van der Waals surface area contributed by atoms with Crippen molar-refractivity contribution in [1.29, 1.82) is 0 Å². The van der Waals surface area contributed by atoms with Gasteiger partial charge in [0, 0.05) is 0 Å². The van der Waals surface area contributed by atoms with Crippen LogP contribution in [0, 0.1) is 0 Å². The lowest BCUT2D eigenvalue weighted by Gasteiger charge is -2.19. The van der Waals surface area contributed by atoms with Gasteiger partial charge in [-0.2, -0.15) is 0 Å². The number of hydrogen-bond donors (Lipinski definition) is 2. The maximum absolute atomic E-state index is 9.86. The van der Waals surface area contributed by atoms with Gasteiger partial charge >= 0.3 is 0 Å². The number of aliphatic hydroxyl groups is 1. The van der Waals surface area contributed by atoms with Crippen LogP contribution in [0.4, 0.5) is 0 Å². The van der Waals surface area contributed by atoms with E-state index in [9.17, 15) is 5.11 Å². The standard InChI is InChI=1S/C16H27NO2/c1-12(2)13-6-8-15(9-7-13)19-11-14(18)10-17-16(3,4)5/h6-9,12,14,17-18H,10-11H2,1-5H3/p+1/t14-/m1/s1. The number of nitrogens with two attached hydrogens (primary N) is 1. The predicted octanol–water partition coefficient (Wildman–Crippen LogP) is 1.91. The monoisotopic (exact) mass is 266 g/mol. The van der Waals surface area contributed by atoms with Crippen molar-refractivity contribution in [2.75, 3.05) is 13.2 Å². The zero-order valence-corrected chi connectivity index (χ0v) is 12.8. The molecule has 1 aromatic rings. The molecule has 0 fully saturated rings. The van der Waals surface area contributed by atoms with Crippen molar-refractivity contribution in [2.45, 2.75) is 52.2 Å². The molecule has 0 aliphatic carbocycles. The first kappa shape index (κ1) is 16.0. The van der Waals surface area contributed by atoms with Crippen molar-refractivity contribution in [3.63, 3.8) is 0 Å². The molecule has 0 aliphatic rings. The molecule has 0 spiro atoms. The van der Waals surface area contributed by atoms with E-state index >= 15 is 0 Å². The van der Waals surface area contributed by atoms with Gasteiger partial charge in [0.2, 0.25) is 0 Å². The number of benzene rings is 1. The summed E-state index contributed by atoms with van der Waals surface area (Å²) in [5, 5.41) is 12.0. The van der Waals surface area contributed by atoms with E-state index in [4.69, 9.17) is 4.74 Å². The van der Waals surface area contributed by atoms with Gasteiger partial charge in [-0.1, -0.05) is 26.0 Å². The molecule has 0 heterocycles. The largest absolute Gasteiger partial charge is 0.491 e. The van der Waals surface area contributed by atoms with E-state index in [2.05, 4.69) is 52.1 Å². The van der Waals surface area contributed by atoms with Crippen molar-refractivity contribution in [2.24, 2.45) is 0 Å². The molecular formula is C16H28NO2+. The van der Waals surface area contributed by atoms with Crippen LogP contribution in [0.5, 0.6) is 5.75 Å². The minimum atomic E-state index is -0.441. The van der Waals surface area contributed by atoms with Gasteiger partial charge in [0.25, 0.3) is 0 Å². The highest BCUT2D eigenvalue weighted by Gasteiger charge is 2.16. The van der Waals surface area contributed by atoms with Crippen molar-refractivity contribution in [3.8, 4) is 5.75 Å². The average Bonchev–Trinajstić information content (AvgIpc) is 2.33. The Kier molecular flexibility index (Phi) is 5.83. The van der Waals surface area contributed by atoms with Crippen molar-refractivity contribution in [1.82, 2.24) is 0 Å². The molecule has 0 saturated carbocycles. The fourth-order valence-electron chi connectivity index (χ4n) is 1.70. The van der Waals surface area contributed by atoms with Gasteiger partial charge in [0.15, 0.2) is 0 Å². The number of aliphatic hydroxyl groups excluding tert-OH is 1. The summed E-state index contributed by atoms with van der Waals surface area (Å²) in [5.41, 5.74) is 1.44. The Morgan fingerprint density at radius 3 is 2.21 bits per heavy atom. The first-order valence-corrected chi connectivity index (χ1v) is 7.03. The van der Waals surface area contributed by atoms with E-state index in [1.165, 1.54) is 5.56 Å². The Hall–Kier alpha value is -1.06. The van der Waals surface area contributed by atoms with Crippen LogP contribution in [-0.4, -0.2) is 29.9 Å². The summed E-state index contributed by atoms with van der Waals surface area (Å²) < 4.78 is 5.60. The minimum absolute atomic E-state index is 0.139. The molecule has 1 aromatic carbocycles. The summed E-state index contributed by atoms with van der Waals surface area (Å²) >= 11 is 0. The zero-order valence-electron chi connectivity index (χ0n) is 12.8. The van der Waals surface area contributed by atoms with Gasteiger partial charge in [-0.05, 0) is 44.4 Å². The molecule has 0 unspecified atom stereocenters. The first-order chi connectivity index (χ1) is 8.78. The van der Waals surface area contributed by atoms with Crippen molar-refractivity contribution in [3.05, 3.63) is 29.8 Å². The van der Waals surface area contributed by atoms with E-state index < -0.39 is 6.10 Å². The quantitative estimate of drug-likeness (QED) is 0.826. The highest BCUT2D eigenvalue weighted by atomic mass is 16.5. The van der Waals surface area contributed by atoms with Gasteiger partial charge < -0.3 is 15.2 Å². The summed E-state index contributed by atoms with van der Waals surface area (Å²) in [6, 6.07) is 8.09. The lowest BCUT2D eigenvalue weighted by atomic mass is 10.0. The van der Waals surface area contributed by atoms with Gasteiger partial charge in [-0.15, -0.1) is 0 Å². The van der Waals surface area contributed by atoms with E-state index in [0.29, 0.717) is 19.1 Å². The third-order valence-electron chi connectivity index (χ3n) is 2.99. The molecule has 108 valence electrons. The lowest BCUT2D eigenvalue weighted by Crippen LogP contribution is -2.96. The molecular weight excluding hydrogens is 238 g/mol. The molecule has 0 aliphatic heterocycles. The van der Waals surface area contributed by atoms with Crippen LogP contribution in [0.1, 0.15) is 46.1 Å². The van der Waals surface area contributed by atoms with Crippen molar-refractivity contribution >= 4 is 0 Å². The smallest absolute Gasteiger partial charge is 0.137 e. The topological polar surface area (TPSA) is 46.1 Å². The molecule has 0 bridgehead atoms. The minimum Gasteiger partial charge on any atom is -0.491 e. The predicted molar refractivity (Wildman–Crippen MR) is 78.6 cm³/mol. The second kappa shape index (κ2) is 6.92. The Bertz CT molecular complexity index is 365. The highest BCUT2D eigenvalue weighted by molar-refractivity contribution is 5.28. The van der Waals surface area contributed by atoms with Gasteiger partial charge in [0.05, 0.1) is 5.54 Å². The van der Waals surface area contributed by atoms with Crippen LogP contribution in [0.25, 0.3) is 0 Å². The number of ether oxygens (including phenoxy) is 1. The van der Waals surface area contributed by atoms with Crippen LogP contribution < -0.4 is 10.1 Å². The summed E-state index contributed by atoms with van der Waals surface area (Å²) in [7, 11) is 0. The second-order valence-electron chi connectivity index (χ2n) is 6.49. The van der Waals surface area contributed by atoms with E-state index in [0.717, 1.165) is 5.75 Å². The lowest BCUT2D eigenvalue weighted by molar-refractivity contribution is -0.722. The summed E-state index contributed by atoms with van der Waals surface area (Å²) in [6.45, 7) is 11.7. The molecule has 0 amide bonds. The van der Waals surface area contributed by atoms with Gasteiger partial charge in [-0.3, -0.25) is 0 Å². The Balaban J connectivity index is 2.35. The number of quaternary nitrogens is 1. The summed E-state index contributed by atoms with van der Waals surface area (Å²) in [5.74, 6) is 1.35. The van der Waals surface area contributed by atoms with E-state index in [1.807, 2.05) is 12.1 Å². The zero-order chi connectivity index (χ0) is 14.5. The molecule has 3 N–H and O–H groups in total. The third-order valence-corrected chi connectivity index (χ3v) is 2.99. The summed E-state index contributed by atoms with van der Waals surface area (Å²) in [4.78, 5) is 0. The molecule has 0 saturated heterocycles. The Labute approximate surface area is 117 Å². The maximum atomic E-state index is 9.86. The Morgan fingerprint density at radius 2 is 1.74 bits per heavy atom. The van der Waals surface area contributed by atoms with Crippen LogP contribution in [0.3, 0.4) is 0 Å². The number of hydrogen-bond acceptors (Lipinski definition) is 2. The molecule has 3 nitrogen and oxygen atoms in total. The Morgan fingerprint density at radius 1 is 1.16 bits per heavy atom. The van der Waals surface area contributed by atoms with Crippen LogP contribution in [0.2, 0.25) is 0 Å². The van der Waals surface area contributed by atoms with Crippen molar-refractivity contribution < 1.29 is 15.2 Å². The maximum Gasteiger partial charge on any atom is 0.137 e. The second-order valence-corrected chi connectivity index (χ2v) is 6.49. The SMILES string of the molecule is CC(C)c1ccc(OC[C@H](O)C[NH2+]C(C)(C)C)cc1. The van der Waals surface area contributed by atoms with Gasteiger partial charge in [0.1, 0.15) is 25.0 Å². The van der Waals surface area contributed by atoms with Crippen LogP contribution >= 0.6 is 0 Å². The van der Waals surface area contributed by atoms with E-state index in [-0.39, 0.29) is 5.54 Å².